The largest absolute Gasteiger partial charge is 0.353 e. The van der Waals surface area contributed by atoms with Gasteiger partial charge in [-0.3, -0.25) is 0 Å². The van der Waals surface area contributed by atoms with Gasteiger partial charge in [0.1, 0.15) is 0 Å². The van der Waals surface area contributed by atoms with Crippen molar-refractivity contribution in [2.75, 3.05) is 5.32 Å². The number of para-hydroxylation sites is 1. The Morgan fingerprint density at radius 3 is 2.75 bits per heavy atom. The van der Waals surface area contributed by atoms with E-state index in [-0.39, 0.29) is 0 Å². The minimum atomic E-state index is 1.04. The van der Waals surface area contributed by atoms with Crippen LogP contribution < -0.4 is 5.32 Å². The second-order valence-electron chi connectivity index (χ2n) is 3.83. The molecule has 0 aliphatic carbocycles. The molecule has 80 valence electrons. The summed E-state index contributed by atoms with van der Waals surface area (Å²) in [6.45, 7) is 2.08. The van der Waals surface area contributed by atoms with Crippen molar-refractivity contribution in [1.29, 1.82) is 0 Å². The van der Waals surface area contributed by atoms with E-state index in [0.717, 1.165) is 10.6 Å². The lowest BCUT2D eigenvalue weighted by molar-refractivity contribution is 1.21. The van der Waals surface area contributed by atoms with Crippen LogP contribution >= 0.6 is 24.4 Å². The Kier molecular flexibility index (Phi) is 2.37. The van der Waals surface area contributed by atoms with Gasteiger partial charge in [-0.15, -0.1) is 12.6 Å². The molecule has 3 heteroatoms. The third-order valence-electron chi connectivity index (χ3n) is 2.71. The Bertz CT molecular complexity index is 564. The lowest BCUT2D eigenvalue weighted by Gasteiger charge is -2.22. The van der Waals surface area contributed by atoms with Crippen LogP contribution in [0.25, 0.3) is 0 Å². The van der Waals surface area contributed by atoms with Crippen LogP contribution in [0.4, 0.5) is 11.4 Å². The fourth-order valence-corrected chi connectivity index (χ4v) is 3.13. The Labute approximate surface area is 105 Å². The Morgan fingerprint density at radius 2 is 1.88 bits per heavy atom. The van der Waals surface area contributed by atoms with Gasteiger partial charge in [0.15, 0.2) is 0 Å². The minimum absolute atomic E-state index is 1.04. The second kappa shape index (κ2) is 3.75. The number of fused-ring (bicyclic) bond motifs is 2. The summed E-state index contributed by atoms with van der Waals surface area (Å²) in [6, 6.07) is 12.6. The second-order valence-corrected chi connectivity index (χ2v) is 5.36. The van der Waals surface area contributed by atoms with Crippen LogP contribution in [0.1, 0.15) is 5.56 Å². The number of aryl methyl sites for hydroxylation is 1. The number of hydrogen-bond donors (Lipinski definition) is 2. The molecule has 1 heterocycles. The van der Waals surface area contributed by atoms with Crippen molar-refractivity contribution < 1.29 is 0 Å². The Hall–Kier alpha value is -1.06. The highest BCUT2D eigenvalue weighted by atomic mass is 32.2. The molecule has 0 bridgehead atoms. The number of anilines is 2. The maximum Gasteiger partial charge on any atom is 0.0664 e. The van der Waals surface area contributed by atoms with Crippen molar-refractivity contribution in [3.63, 3.8) is 0 Å². The van der Waals surface area contributed by atoms with Crippen LogP contribution in [0, 0.1) is 6.92 Å². The maximum atomic E-state index is 4.56. The van der Waals surface area contributed by atoms with Crippen LogP contribution in [0.15, 0.2) is 51.1 Å². The van der Waals surface area contributed by atoms with Crippen LogP contribution in [-0.4, -0.2) is 0 Å². The molecule has 2 aromatic rings. The van der Waals surface area contributed by atoms with Crippen molar-refractivity contribution in [2.24, 2.45) is 0 Å². The first kappa shape index (κ1) is 10.1. The number of hydrogen-bond acceptors (Lipinski definition) is 3. The average molecular weight is 245 g/mol. The summed E-state index contributed by atoms with van der Waals surface area (Å²) in [7, 11) is 0. The van der Waals surface area contributed by atoms with E-state index in [4.69, 9.17) is 0 Å². The molecule has 0 fully saturated rings. The van der Waals surface area contributed by atoms with E-state index in [9.17, 15) is 0 Å². The van der Waals surface area contributed by atoms with Gasteiger partial charge in [-0.1, -0.05) is 30.0 Å². The molecule has 1 nitrogen and oxygen atoms in total. The predicted molar refractivity (Wildman–Crippen MR) is 72.3 cm³/mol. The molecule has 0 saturated carbocycles. The lowest BCUT2D eigenvalue weighted by atomic mass is 10.2. The van der Waals surface area contributed by atoms with Crippen molar-refractivity contribution in [2.45, 2.75) is 21.6 Å². The van der Waals surface area contributed by atoms with E-state index in [1.54, 1.807) is 11.8 Å². The normalized spacial score (nSPS) is 12.6. The Morgan fingerprint density at radius 1 is 1.06 bits per heavy atom. The molecule has 0 aromatic heterocycles. The molecule has 1 aliphatic rings. The van der Waals surface area contributed by atoms with Crippen LogP contribution in [0.5, 0.6) is 0 Å². The molecular formula is C13H11NS2. The van der Waals surface area contributed by atoms with Gasteiger partial charge < -0.3 is 5.32 Å². The minimum Gasteiger partial charge on any atom is -0.353 e. The molecule has 16 heavy (non-hydrogen) atoms. The molecule has 0 saturated heterocycles. The third-order valence-corrected chi connectivity index (χ3v) is 4.42. The van der Waals surface area contributed by atoms with E-state index in [2.05, 4.69) is 55.2 Å². The molecule has 3 rings (SSSR count). The molecule has 0 unspecified atom stereocenters. The molecule has 0 radical (unpaired) electrons. The van der Waals surface area contributed by atoms with Crippen LogP contribution in [-0.2, 0) is 0 Å². The summed E-state index contributed by atoms with van der Waals surface area (Å²) >= 11 is 6.36. The van der Waals surface area contributed by atoms with Gasteiger partial charge in [0.2, 0.25) is 0 Å². The maximum absolute atomic E-state index is 4.56. The molecule has 0 amide bonds. The van der Waals surface area contributed by atoms with E-state index in [1.807, 2.05) is 6.07 Å². The van der Waals surface area contributed by atoms with Gasteiger partial charge in [-0.25, -0.2) is 0 Å². The van der Waals surface area contributed by atoms with E-state index in [0.29, 0.717) is 0 Å². The van der Waals surface area contributed by atoms with Gasteiger partial charge in [0, 0.05) is 14.7 Å². The topological polar surface area (TPSA) is 12.0 Å². The summed E-state index contributed by atoms with van der Waals surface area (Å²) in [5.74, 6) is 0. The van der Waals surface area contributed by atoms with Gasteiger partial charge in [0.25, 0.3) is 0 Å². The molecule has 0 spiro atoms. The van der Waals surface area contributed by atoms with Crippen LogP contribution in [0.2, 0.25) is 0 Å². The van der Waals surface area contributed by atoms with Gasteiger partial charge in [0.05, 0.1) is 11.4 Å². The van der Waals surface area contributed by atoms with Gasteiger partial charge in [-0.2, -0.15) is 0 Å². The number of rotatable bonds is 0. The zero-order chi connectivity index (χ0) is 11.1. The monoisotopic (exact) mass is 245 g/mol. The number of benzene rings is 2. The van der Waals surface area contributed by atoms with E-state index >= 15 is 0 Å². The summed E-state index contributed by atoms with van der Waals surface area (Å²) in [6.07, 6.45) is 0. The highest BCUT2D eigenvalue weighted by Crippen LogP contribution is 2.46. The van der Waals surface area contributed by atoms with Crippen molar-refractivity contribution in [1.82, 2.24) is 0 Å². The number of nitrogens with one attached hydrogen (secondary N) is 1. The average Bonchev–Trinajstić information content (AvgIpc) is 2.32. The first-order valence-corrected chi connectivity index (χ1v) is 6.38. The van der Waals surface area contributed by atoms with Gasteiger partial charge >= 0.3 is 0 Å². The van der Waals surface area contributed by atoms with Gasteiger partial charge in [-0.05, 0) is 30.7 Å². The quantitative estimate of drug-likeness (QED) is 0.566. The standard InChI is InChI=1S/C13H11NS2/c1-8-6-7-11-12(13(8)15)14-9-4-2-3-5-10(9)16-11/h2-7,14-15H,1H3. The predicted octanol–water partition coefficient (Wildman–Crippen LogP) is 4.49. The zero-order valence-electron chi connectivity index (χ0n) is 8.82. The first-order chi connectivity index (χ1) is 7.75. The first-order valence-electron chi connectivity index (χ1n) is 5.12. The van der Waals surface area contributed by atoms with Crippen molar-refractivity contribution in [3.8, 4) is 0 Å². The summed E-state index contributed by atoms with van der Waals surface area (Å²) in [5, 5.41) is 3.45. The molecular weight excluding hydrogens is 234 g/mol. The Balaban J connectivity index is 2.16. The summed E-state index contributed by atoms with van der Waals surface area (Å²) in [5.41, 5.74) is 3.50. The SMILES string of the molecule is Cc1ccc2c(c1S)Nc1ccccc1S2. The lowest BCUT2D eigenvalue weighted by Crippen LogP contribution is -2.01. The third kappa shape index (κ3) is 1.51. The molecule has 1 aliphatic heterocycles. The molecule has 2 aromatic carbocycles. The van der Waals surface area contributed by atoms with Crippen molar-refractivity contribution in [3.05, 3.63) is 42.0 Å². The fraction of sp³-hybridized carbons (Fsp3) is 0.0769. The zero-order valence-corrected chi connectivity index (χ0v) is 10.5. The highest BCUT2D eigenvalue weighted by Gasteiger charge is 2.17. The summed E-state index contributed by atoms with van der Waals surface area (Å²) < 4.78 is 0. The molecule has 0 atom stereocenters. The van der Waals surface area contributed by atoms with Crippen molar-refractivity contribution >= 4 is 35.8 Å². The van der Waals surface area contributed by atoms with E-state index < -0.39 is 0 Å². The summed E-state index contributed by atoms with van der Waals surface area (Å²) in [4.78, 5) is 3.56. The molecule has 1 N–H and O–H groups in total. The van der Waals surface area contributed by atoms with E-state index in [1.165, 1.54) is 21.0 Å². The highest BCUT2D eigenvalue weighted by molar-refractivity contribution is 7.99. The van der Waals surface area contributed by atoms with Crippen LogP contribution in [0.3, 0.4) is 0 Å². The fourth-order valence-electron chi connectivity index (χ4n) is 1.79. The smallest absolute Gasteiger partial charge is 0.0664 e. The number of thiol groups is 1.